The molecule has 24 heavy (non-hydrogen) atoms. The van der Waals surface area contributed by atoms with Gasteiger partial charge in [0.2, 0.25) is 0 Å². The number of hydrogen-bond donors (Lipinski definition) is 2. The third kappa shape index (κ3) is 4.52. The van der Waals surface area contributed by atoms with Crippen LogP contribution in [-0.4, -0.2) is 39.3 Å². The van der Waals surface area contributed by atoms with Gasteiger partial charge in [-0.2, -0.15) is 0 Å². The van der Waals surface area contributed by atoms with Gasteiger partial charge < -0.3 is 25.4 Å². The number of guanidine groups is 1. The summed E-state index contributed by atoms with van der Waals surface area (Å²) in [5.41, 5.74) is 7.76. The van der Waals surface area contributed by atoms with Gasteiger partial charge in [0.15, 0.2) is 17.5 Å². The van der Waals surface area contributed by atoms with Crippen LogP contribution in [0.1, 0.15) is 5.56 Å². The van der Waals surface area contributed by atoms with Gasteiger partial charge in [-0.05, 0) is 29.8 Å². The standard InChI is InChI=1S/C17H23N5O2/c1-22(2)16-9-12(7-8-19-16)11-20-17(18)21-13-5-6-14(23-3)15(10-13)24-4/h5-10H,11H2,1-4H3,(H3,18,20,21). The van der Waals surface area contributed by atoms with Crippen LogP contribution < -0.4 is 25.4 Å². The third-order valence-corrected chi connectivity index (χ3v) is 3.36. The first-order valence-electron chi connectivity index (χ1n) is 7.44. The number of aliphatic imine (C=N–C) groups is 1. The van der Waals surface area contributed by atoms with Crippen molar-refractivity contribution in [1.82, 2.24) is 4.98 Å². The minimum atomic E-state index is 0.324. The van der Waals surface area contributed by atoms with Crippen molar-refractivity contribution in [2.75, 3.05) is 38.5 Å². The molecule has 1 aromatic heterocycles. The van der Waals surface area contributed by atoms with E-state index < -0.39 is 0 Å². The number of rotatable bonds is 6. The number of methoxy groups -OCH3 is 2. The van der Waals surface area contributed by atoms with E-state index in [0.29, 0.717) is 24.0 Å². The van der Waals surface area contributed by atoms with Crippen LogP contribution in [-0.2, 0) is 6.54 Å². The maximum atomic E-state index is 5.95. The minimum absolute atomic E-state index is 0.324. The van der Waals surface area contributed by atoms with E-state index in [1.165, 1.54) is 0 Å². The van der Waals surface area contributed by atoms with Gasteiger partial charge in [-0.3, -0.25) is 0 Å². The number of anilines is 2. The van der Waals surface area contributed by atoms with Crippen molar-refractivity contribution in [3.05, 3.63) is 42.1 Å². The summed E-state index contributed by atoms with van der Waals surface area (Å²) in [6.07, 6.45) is 1.76. The summed E-state index contributed by atoms with van der Waals surface area (Å²) in [7, 11) is 7.08. The molecule has 2 rings (SSSR count). The van der Waals surface area contributed by atoms with E-state index >= 15 is 0 Å². The van der Waals surface area contributed by atoms with Gasteiger partial charge in [0.05, 0.1) is 20.8 Å². The molecule has 1 heterocycles. The van der Waals surface area contributed by atoms with Crippen LogP contribution in [0, 0.1) is 0 Å². The van der Waals surface area contributed by atoms with E-state index in [-0.39, 0.29) is 0 Å². The molecule has 128 valence electrons. The largest absolute Gasteiger partial charge is 0.493 e. The van der Waals surface area contributed by atoms with Gasteiger partial charge in [0.25, 0.3) is 0 Å². The van der Waals surface area contributed by atoms with Crippen molar-refractivity contribution in [3.8, 4) is 11.5 Å². The molecule has 7 nitrogen and oxygen atoms in total. The first kappa shape index (κ1) is 17.4. The Kier molecular flexibility index (Phi) is 5.83. The molecule has 0 fully saturated rings. The zero-order valence-corrected chi connectivity index (χ0v) is 14.4. The fourth-order valence-corrected chi connectivity index (χ4v) is 2.08. The summed E-state index contributed by atoms with van der Waals surface area (Å²) >= 11 is 0. The molecule has 0 spiro atoms. The lowest BCUT2D eigenvalue weighted by Gasteiger charge is -2.12. The smallest absolute Gasteiger partial charge is 0.193 e. The summed E-state index contributed by atoms with van der Waals surface area (Å²) < 4.78 is 10.5. The minimum Gasteiger partial charge on any atom is -0.493 e. The molecule has 0 amide bonds. The van der Waals surface area contributed by atoms with E-state index in [9.17, 15) is 0 Å². The molecule has 0 saturated carbocycles. The van der Waals surface area contributed by atoms with Crippen molar-refractivity contribution >= 4 is 17.5 Å². The van der Waals surface area contributed by atoms with Crippen molar-refractivity contribution in [1.29, 1.82) is 0 Å². The van der Waals surface area contributed by atoms with Gasteiger partial charge in [0.1, 0.15) is 5.82 Å². The molecular weight excluding hydrogens is 306 g/mol. The second-order valence-corrected chi connectivity index (χ2v) is 5.31. The third-order valence-electron chi connectivity index (χ3n) is 3.36. The number of nitrogens with two attached hydrogens (primary N) is 1. The first-order valence-corrected chi connectivity index (χ1v) is 7.44. The van der Waals surface area contributed by atoms with Crippen LogP contribution in [0.2, 0.25) is 0 Å². The highest BCUT2D eigenvalue weighted by atomic mass is 16.5. The van der Waals surface area contributed by atoms with E-state index in [0.717, 1.165) is 17.1 Å². The predicted octanol–water partition coefficient (Wildman–Crippen LogP) is 2.09. The lowest BCUT2D eigenvalue weighted by Crippen LogP contribution is -2.22. The average Bonchev–Trinajstić information content (AvgIpc) is 2.60. The summed E-state index contributed by atoms with van der Waals surface area (Å²) in [5.74, 6) is 2.49. The number of nitrogens with one attached hydrogen (secondary N) is 1. The van der Waals surface area contributed by atoms with Gasteiger partial charge in [-0.25, -0.2) is 9.98 Å². The summed E-state index contributed by atoms with van der Waals surface area (Å²) in [5, 5.41) is 3.04. The average molecular weight is 329 g/mol. The fourth-order valence-electron chi connectivity index (χ4n) is 2.08. The lowest BCUT2D eigenvalue weighted by molar-refractivity contribution is 0.355. The van der Waals surface area contributed by atoms with Gasteiger partial charge in [0, 0.05) is 32.0 Å². The van der Waals surface area contributed by atoms with Crippen molar-refractivity contribution in [2.45, 2.75) is 6.54 Å². The number of ether oxygens (including phenoxy) is 2. The molecule has 0 aliphatic rings. The molecule has 0 aliphatic heterocycles. The molecule has 0 unspecified atom stereocenters. The zero-order chi connectivity index (χ0) is 17.5. The van der Waals surface area contributed by atoms with Gasteiger partial charge >= 0.3 is 0 Å². The molecular formula is C17H23N5O2. The number of aromatic nitrogens is 1. The highest BCUT2D eigenvalue weighted by Gasteiger charge is 2.05. The Hall–Kier alpha value is -2.96. The van der Waals surface area contributed by atoms with Crippen molar-refractivity contribution < 1.29 is 9.47 Å². The number of hydrogen-bond acceptors (Lipinski definition) is 5. The van der Waals surface area contributed by atoms with E-state index in [1.807, 2.05) is 37.2 Å². The maximum Gasteiger partial charge on any atom is 0.193 e. The fraction of sp³-hybridized carbons (Fsp3) is 0.294. The molecule has 0 bridgehead atoms. The topological polar surface area (TPSA) is 85.0 Å². The Labute approximate surface area is 142 Å². The van der Waals surface area contributed by atoms with E-state index in [4.69, 9.17) is 15.2 Å². The van der Waals surface area contributed by atoms with E-state index in [1.54, 1.807) is 32.5 Å². The summed E-state index contributed by atoms with van der Waals surface area (Å²) in [4.78, 5) is 10.6. The number of pyridine rings is 1. The van der Waals surface area contributed by atoms with Gasteiger partial charge in [-0.15, -0.1) is 0 Å². The monoisotopic (exact) mass is 329 g/mol. The van der Waals surface area contributed by atoms with Crippen molar-refractivity contribution in [3.63, 3.8) is 0 Å². The molecule has 2 aromatic rings. The van der Waals surface area contributed by atoms with Crippen LogP contribution in [0.5, 0.6) is 11.5 Å². The zero-order valence-electron chi connectivity index (χ0n) is 14.4. The van der Waals surface area contributed by atoms with Crippen LogP contribution in [0.15, 0.2) is 41.5 Å². The second-order valence-electron chi connectivity index (χ2n) is 5.31. The van der Waals surface area contributed by atoms with Crippen LogP contribution in [0.25, 0.3) is 0 Å². The Balaban J connectivity index is 2.05. The molecule has 7 heteroatoms. The second kappa shape index (κ2) is 8.05. The van der Waals surface area contributed by atoms with Gasteiger partial charge in [-0.1, -0.05) is 0 Å². The maximum absolute atomic E-state index is 5.95. The number of benzene rings is 1. The molecule has 0 aliphatic carbocycles. The number of nitrogens with zero attached hydrogens (tertiary/aromatic N) is 3. The normalized spacial score (nSPS) is 11.1. The molecule has 0 atom stereocenters. The molecule has 1 aromatic carbocycles. The highest BCUT2D eigenvalue weighted by molar-refractivity contribution is 5.92. The Morgan fingerprint density at radius 1 is 1.17 bits per heavy atom. The summed E-state index contributed by atoms with van der Waals surface area (Å²) in [6, 6.07) is 9.35. The Bertz CT molecular complexity index is 716. The van der Waals surface area contributed by atoms with Crippen LogP contribution in [0.3, 0.4) is 0 Å². The predicted molar refractivity (Wildman–Crippen MR) is 97.1 cm³/mol. The lowest BCUT2D eigenvalue weighted by atomic mass is 10.2. The van der Waals surface area contributed by atoms with Crippen molar-refractivity contribution in [2.24, 2.45) is 10.7 Å². The summed E-state index contributed by atoms with van der Waals surface area (Å²) in [6.45, 7) is 0.468. The Morgan fingerprint density at radius 2 is 1.92 bits per heavy atom. The molecule has 0 radical (unpaired) electrons. The molecule has 0 saturated heterocycles. The van der Waals surface area contributed by atoms with Crippen LogP contribution >= 0.6 is 0 Å². The van der Waals surface area contributed by atoms with Crippen LogP contribution in [0.4, 0.5) is 11.5 Å². The van der Waals surface area contributed by atoms with E-state index in [2.05, 4.69) is 15.3 Å². The highest BCUT2D eigenvalue weighted by Crippen LogP contribution is 2.29. The molecule has 3 N–H and O–H groups in total. The quantitative estimate of drug-likeness (QED) is 0.623. The SMILES string of the molecule is COc1ccc(NC(N)=NCc2ccnc(N(C)C)c2)cc1OC. The Morgan fingerprint density at radius 3 is 2.58 bits per heavy atom. The first-order chi connectivity index (χ1) is 11.5.